The normalized spacial score (nSPS) is 14.4. The van der Waals surface area contributed by atoms with E-state index in [1.54, 1.807) is 0 Å². The van der Waals surface area contributed by atoms with Crippen molar-refractivity contribution < 1.29 is 0 Å². The highest BCUT2D eigenvalue weighted by Crippen LogP contribution is 2.29. The number of hydrogen-bond donors (Lipinski definition) is 1. The van der Waals surface area contributed by atoms with Gasteiger partial charge in [0.15, 0.2) is 0 Å². The third kappa shape index (κ3) is 1.17. The molecule has 0 bridgehead atoms. The Bertz CT molecular complexity index is 549. The molecule has 5 heteroatoms. The molecule has 0 amide bonds. The topological polar surface area (TPSA) is 61.7 Å². The number of anilines is 1. The lowest BCUT2D eigenvalue weighted by atomic mass is 10.2. The Morgan fingerprint density at radius 3 is 2.81 bits per heavy atom. The molecule has 1 aliphatic carbocycles. The zero-order chi connectivity index (χ0) is 11.3. The van der Waals surface area contributed by atoms with E-state index in [2.05, 4.69) is 10.2 Å². The zero-order valence-electron chi connectivity index (χ0n) is 9.56. The van der Waals surface area contributed by atoms with Crippen LogP contribution in [0.5, 0.6) is 0 Å². The van der Waals surface area contributed by atoms with E-state index in [-0.39, 0.29) is 0 Å². The van der Waals surface area contributed by atoms with Crippen molar-refractivity contribution in [3.8, 4) is 5.69 Å². The average molecular weight is 217 g/mol. The summed E-state index contributed by atoms with van der Waals surface area (Å²) in [5.41, 5.74) is 10.4. The van der Waals surface area contributed by atoms with Crippen molar-refractivity contribution in [2.45, 2.75) is 26.2 Å². The van der Waals surface area contributed by atoms with Gasteiger partial charge in [-0.25, -0.2) is 4.68 Å². The molecule has 0 atom stereocenters. The molecule has 2 N–H and O–H groups in total. The zero-order valence-corrected chi connectivity index (χ0v) is 9.56. The molecule has 16 heavy (non-hydrogen) atoms. The molecular formula is C11H15N5. The van der Waals surface area contributed by atoms with E-state index in [0.29, 0.717) is 5.82 Å². The number of rotatable bonds is 1. The minimum atomic E-state index is 0.677. The molecule has 0 saturated carbocycles. The lowest BCUT2D eigenvalue weighted by Gasteiger charge is -2.02. The Labute approximate surface area is 93.9 Å². The summed E-state index contributed by atoms with van der Waals surface area (Å²) in [7, 11) is 1.92. The number of aryl methyl sites for hydroxylation is 2. The Balaban J connectivity index is 2.20. The summed E-state index contributed by atoms with van der Waals surface area (Å²) < 4.78 is 3.77. The van der Waals surface area contributed by atoms with Gasteiger partial charge in [0.05, 0.1) is 11.9 Å². The van der Waals surface area contributed by atoms with Gasteiger partial charge in [0.2, 0.25) is 0 Å². The summed E-state index contributed by atoms with van der Waals surface area (Å²) in [6.07, 6.45) is 5.28. The number of nitrogen functional groups attached to an aromatic ring is 1. The number of nitrogens with two attached hydrogens (primary N) is 1. The summed E-state index contributed by atoms with van der Waals surface area (Å²) >= 11 is 0. The summed E-state index contributed by atoms with van der Waals surface area (Å²) in [5.74, 6) is 0.677. The fraction of sp³-hybridized carbons (Fsp3) is 0.455. The molecule has 2 aromatic rings. The monoisotopic (exact) mass is 217 g/mol. The van der Waals surface area contributed by atoms with Crippen molar-refractivity contribution in [2.75, 3.05) is 5.73 Å². The molecule has 3 rings (SSSR count). The molecule has 0 aliphatic heterocycles. The molecular weight excluding hydrogens is 202 g/mol. The molecule has 2 aromatic heterocycles. The van der Waals surface area contributed by atoms with E-state index in [1.165, 1.54) is 17.7 Å². The first-order valence-corrected chi connectivity index (χ1v) is 5.53. The summed E-state index contributed by atoms with van der Waals surface area (Å²) in [4.78, 5) is 0. The van der Waals surface area contributed by atoms with Crippen LogP contribution >= 0.6 is 0 Å². The van der Waals surface area contributed by atoms with Gasteiger partial charge in [0.1, 0.15) is 11.5 Å². The quantitative estimate of drug-likeness (QED) is 0.774. The van der Waals surface area contributed by atoms with Crippen molar-refractivity contribution in [3.63, 3.8) is 0 Å². The molecule has 0 unspecified atom stereocenters. The largest absolute Gasteiger partial charge is 0.382 e. The van der Waals surface area contributed by atoms with Gasteiger partial charge in [0, 0.05) is 18.3 Å². The smallest absolute Gasteiger partial charge is 0.149 e. The minimum Gasteiger partial charge on any atom is -0.382 e. The van der Waals surface area contributed by atoms with Crippen molar-refractivity contribution in [1.29, 1.82) is 0 Å². The lowest BCUT2D eigenvalue weighted by Crippen LogP contribution is -2.02. The van der Waals surface area contributed by atoms with Gasteiger partial charge < -0.3 is 5.73 Å². The molecule has 0 saturated heterocycles. The second-order valence-electron chi connectivity index (χ2n) is 4.35. The SMILES string of the molecule is Cc1nn(C)cc1-n1nc(N)c2c1CCC2. The fourth-order valence-corrected chi connectivity index (χ4v) is 2.46. The van der Waals surface area contributed by atoms with Gasteiger partial charge in [-0.1, -0.05) is 0 Å². The maximum absolute atomic E-state index is 5.93. The molecule has 0 fully saturated rings. The summed E-state index contributed by atoms with van der Waals surface area (Å²) in [6, 6.07) is 0. The summed E-state index contributed by atoms with van der Waals surface area (Å²) in [5, 5.41) is 8.75. The molecule has 1 aliphatic rings. The highest BCUT2D eigenvalue weighted by Gasteiger charge is 2.22. The Morgan fingerprint density at radius 2 is 2.12 bits per heavy atom. The maximum Gasteiger partial charge on any atom is 0.149 e. The maximum atomic E-state index is 5.93. The Hall–Kier alpha value is -1.78. The van der Waals surface area contributed by atoms with Gasteiger partial charge in [-0.15, -0.1) is 0 Å². The van der Waals surface area contributed by atoms with Gasteiger partial charge in [0.25, 0.3) is 0 Å². The van der Waals surface area contributed by atoms with Crippen molar-refractivity contribution in [2.24, 2.45) is 7.05 Å². The third-order valence-corrected chi connectivity index (χ3v) is 3.18. The Kier molecular flexibility index (Phi) is 1.83. The van der Waals surface area contributed by atoms with Crippen molar-refractivity contribution in [3.05, 3.63) is 23.1 Å². The molecule has 0 radical (unpaired) electrons. The van der Waals surface area contributed by atoms with E-state index in [1.807, 2.05) is 29.5 Å². The highest BCUT2D eigenvalue weighted by atomic mass is 15.4. The second kappa shape index (κ2) is 3.10. The third-order valence-electron chi connectivity index (χ3n) is 3.18. The second-order valence-corrected chi connectivity index (χ2v) is 4.35. The van der Waals surface area contributed by atoms with Crippen molar-refractivity contribution >= 4 is 5.82 Å². The van der Waals surface area contributed by atoms with E-state index in [0.717, 1.165) is 24.2 Å². The van der Waals surface area contributed by atoms with Crippen LogP contribution in [-0.4, -0.2) is 19.6 Å². The fourth-order valence-electron chi connectivity index (χ4n) is 2.46. The minimum absolute atomic E-state index is 0.677. The predicted molar refractivity (Wildman–Crippen MR) is 61.5 cm³/mol. The average Bonchev–Trinajstić information content (AvgIpc) is 2.85. The van der Waals surface area contributed by atoms with Gasteiger partial charge >= 0.3 is 0 Å². The first-order chi connectivity index (χ1) is 7.66. The Morgan fingerprint density at radius 1 is 1.31 bits per heavy atom. The number of hydrogen-bond acceptors (Lipinski definition) is 3. The first-order valence-electron chi connectivity index (χ1n) is 5.53. The standard InChI is InChI=1S/C11H15N5/c1-7-10(6-15(2)13-7)16-9-5-3-4-8(9)11(12)14-16/h6H,3-5H2,1-2H3,(H2,12,14). The van der Waals surface area contributed by atoms with E-state index in [9.17, 15) is 0 Å². The van der Waals surface area contributed by atoms with Crippen LogP contribution in [-0.2, 0) is 19.9 Å². The van der Waals surface area contributed by atoms with Crippen LogP contribution in [0.3, 0.4) is 0 Å². The van der Waals surface area contributed by atoms with Gasteiger partial charge in [-0.05, 0) is 26.2 Å². The van der Waals surface area contributed by atoms with Crippen LogP contribution in [0, 0.1) is 6.92 Å². The van der Waals surface area contributed by atoms with Gasteiger partial charge in [-0.3, -0.25) is 4.68 Å². The van der Waals surface area contributed by atoms with Crippen molar-refractivity contribution in [1.82, 2.24) is 19.6 Å². The predicted octanol–water partition coefficient (Wildman–Crippen LogP) is 0.985. The van der Waals surface area contributed by atoms with Crippen LogP contribution in [0.25, 0.3) is 5.69 Å². The number of nitrogens with zero attached hydrogens (tertiary/aromatic N) is 4. The molecule has 2 heterocycles. The molecule has 0 spiro atoms. The molecule has 0 aromatic carbocycles. The van der Waals surface area contributed by atoms with E-state index in [4.69, 9.17) is 5.73 Å². The van der Waals surface area contributed by atoms with E-state index >= 15 is 0 Å². The van der Waals surface area contributed by atoms with Crippen LogP contribution in [0.2, 0.25) is 0 Å². The van der Waals surface area contributed by atoms with Crippen LogP contribution < -0.4 is 5.73 Å². The van der Waals surface area contributed by atoms with E-state index < -0.39 is 0 Å². The molecule has 5 nitrogen and oxygen atoms in total. The van der Waals surface area contributed by atoms with Crippen LogP contribution in [0.15, 0.2) is 6.20 Å². The molecule has 84 valence electrons. The lowest BCUT2D eigenvalue weighted by molar-refractivity contribution is 0.755. The van der Waals surface area contributed by atoms with Crippen LogP contribution in [0.1, 0.15) is 23.4 Å². The summed E-state index contributed by atoms with van der Waals surface area (Å²) in [6.45, 7) is 1.99. The van der Waals surface area contributed by atoms with Gasteiger partial charge in [-0.2, -0.15) is 10.2 Å². The highest BCUT2D eigenvalue weighted by molar-refractivity contribution is 5.49. The first kappa shape index (κ1) is 9.45. The number of fused-ring (bicyclic) bond motifs is 1. The number of aromatic nitrogens is 4. The van der Waals surface area contributed by atoms with Crippen LogP contribution in [0.4, 0.5) is 5.82 Å².